The molecule has 38 heavy (non-hydrogen) atoms. The van der Waals surface area contributed by atoms with Crippen molar-refractivity contribution in [2.45, 2.75) is 90.0 Å². The normalized spacial score (nSPS) is 20.7. The summed E-state index contributed by atoms with van der Waals surface area (Å²) in [6, 6.07) is 4.56. The molecule has 1 aromatic carbocycles. The van der Waals surface area contributed by atoms with Crippen LogP contribution < -0.4 is 24.8 Å². The van der Waals surface area contributed by atoms with Crippen LogP contribution in [0.15, 0.2) is 24.4 Å². The molecule has 2 aromatic rings. The van der Waals surface area contributed by atoms with E-state index in [1.807, 2.05) is 6.20 Å². The summed E-state index contributed by atoms with van der Waals surface area (Å²) in [6.45, 7) is 8.22. The molecule has 3 heterocycles. The van der Waals surface area contributed by atoms with Crippen molar-refractivity contribution in [3.05, 3.63) is 46.9 Å². The van der Waals surface area contributed by atoms with Crippen molar-refractivity contribution < 1.29 is 28.5 Å². The number of ether oxygens (including phenoxy) is 3. The molecule has 1 amide bonds. The molecular formula is C29H38FN3O5. The van der Waals surface area contributed by atoms with Gasteiger partial charge in [0.25, 0.3) is 0 Å². The minimum absolute atomic E-state index is 0.0300. The molecule has 5 rings (SSSR count). The molecule has 206 valence electrons. The second-order valence-corrected chi connectivity index (χ2v) is 12.2. The van der Waals surface area contributed by atoms with Crippen LogP contribution in [-0.2, 0) is 17.6 Å². The van der Waals surface area contributed by atoms with E-state index in [1.54, 1.807) is 6.07 Å². The van der Waals surface area contributed by atoms with Crippen LogP contribution in [-0.4, -0.2) is 47.1 Å². The Hall–Kier alpha value is -2.91. The van der Waals surface area contributed by atoms with E-state index < -0.39 is 18.0 Å². The summed E-state index contributed by atoms with van der Waals surface area (Å²) in [5.74, 6) is 0.297. The molecule has 3 N–H and O–H groups in total. The zero-order valence-corrected chi connectivity index (χ0v) is 22.6. The van der Waals surface area contributed by atoms with Crippen molar-refractivity contribution in [3.8, 4) is 17.4 Å². The van der Waals surface area contributed by atoms with E-state index in [0.29, 0.717) is 17.2 Å². The molecule has 0 radical (unpaired) electrons. The number of benzene rings is 1. The van der Waals surface area contributed by atoms with Gasteiger partial charge in [-0.1, -0.05) is 20.8 Å². The Morgan fingerprint density at radius 3 is 2.71 bits per heavy atom. The highest BCUT2D eigenvalue weighted by Crippen LogP contribution is 2.48. The van der Waals surface area contributed by atoms with Gasteiger partial charge in [0.05, 0.1) is 12.1 Å². The lowest BCUT2D eigenvalue weighted by atomic mass is 9.73. The van der Waals surface area contributed by atoms with E-state index in [-0.39, 0.29) is 48.5 Å². The number of aromatic nitrogens is 1. The number of nitrogens with zero attached hydrogens (tertiary/aromatic N) is 1. The Balaban J connectivity index is 1.32. The number of fused-ring (bicyclic) bond motifs is 2. The van der Waals surface area contributed by atoms with Gasteiger partial charge in [0, 0.05) is 37.7 Å². The maximum atomic E-state index is 14.5. The predicted molar refractivity (Wildman–Crippen MR) is 140 cm³/mol. The number of nitrogens with one attached hydrogen (secondary N) is 2. The molecular weight excluding hydrogens is 489 g/mol. The Kier molecular flexibility index (Phi) is 7.26. The van der Waals surface area contributed by atoms with E-state index >= 15 is 0 Å². The molecule has 1 aliphatic carbocycles. The molecule has 1 spiro atoms. The summed E-state index contributed by atoms with van der Waals surface area (Å²) in [5, 5.41) is 17.6. The third-order valence-corrected chi connectivity index (χ3v) is 7.57. The molecule has 3 aliphatic rings. The van der Waals surface area contributed by atoms with Gasteiger partial charge in [-0.2, -0.15) is 0 Å². The molecule has 1 fully saturated rings. The summed E-state index contributed by atoms with van der Waals surface area (Å²) in [7, 11) is 0. The molecule has 0 unspecified atom stereocenters. The maximum absolute atomic E-state index is 14.5. The molecule has 2 aliphatic heterocycles. The number of pyridine rings is 1. The zero-order valence-electron chi connectivity index (χ0n) is 22.6. The first-order valence-electron chi connectivity index (χ1n) is 13.4. The quantitative estimate of drug-likeness (QED) is 0.477. The Morgan fingerprint density at radius 2 is 2.03 bits per heavy atom. The van der Waals surface area contributed by atoms with Gasteiger partial charge in [0.1, 0.15) is 5.60 Å². The summed E-state index contributed by atoms with van der Waals surface area (Å²) in [4.78, 5) is 16.7. The van der Waals surface area contributed by atoms with Crippen LogP contribution in [0, 0.1) is 11.2 Å². The minimum Gasteiger partial charge on any atom is -0.471 e. The lowest BCUT2D eigenvalue weighted by Crippen LogP contribution is -2.52. The summed E-state index contributed by atoms with van der Waals surface area (Å²) >= 11 is 0. The minimum atomic E-state index is -0.915. The average Bonchev–Trinajstić information content (AvgIpc) is 3.29. The molecule has 8 nitrogen and oxygen atoms in total. The molecule has 0 saturated heterocycles. The first-order chi connectivity index (χ1) is 18.0. The number of hydrogen-bond donors (Lipinski definition) is 3. The van der Waals surface area contributed by atoms with Crippen LogP contribution in [0.3, 0.4) is 0 Å². The number of rotatable bonds is 8. The summed E-state index contributed by atoms with van der Waals surface area (Å²) < 4.78 is 31.3. The Morgan fingerprint density at radius 1 is 1.24 bits per heavy atom. The largest absolute Gasteiger partial charge is 0.471 e. The topological polar surface area (TPSA) is 102 Å². The molecule has 1 aromatic heterocycles. The van der Waals surface area contributed by atoms with Crippen LogP contribution in [0.5, 0.6) is 17.4 Å². The van der Waals surface area contributed by atoms with Gasteiger partial charge in [-0.3, -0.25) is 4.79 Å². The number of aliphatic hydroxyl groups is 1. The average molecular weight is 528 g/mol. The number of amides is 1. The number of carbonyl (C=O) groups is 1. The van der Waals surface area contributed by atoms with E-state index in [1.165, 1.54) is 13.0 Å². The summed E-state index contributed by atoms with van der Waals surface area (Å²) in [6.07, 6.45) is 6.03. The number of hydrogen-bond acceptors (Lipinski definition) is 7. The van der Waals surface area contributed by atoms with Gasteiger partial charge < -0.3 is 30.0 Å². The van der Waals surface area contributed by atoms with Gasteiger partial charge in [-0.25, -0.2) is 9.37 Å². The highest BCUT2D eigenvalue weighted by Gasteiger charge is 2.46. The van der Waals surface area contributed by atoms with Gasteiger partial charge >= 0.3 is 0 Å². The van der Waals surface area contributed by atoms with Crippen LogP contribution in [0.2, 0.25) is 0 Å². The van der Waals surface area contributed by atoms with Gasteiger partial charge in [0.2, 0.25) is 24.3 Å². The van der Waals surface area contributed by atoms with Crippen molar-refractivity contribution in [2.75, 3.05) is 13.3 Å². The van der Waals surface area contributed by atoms with E-state index in [0.717, 1.165) is 43.2 Å². The van der Waals surface area contributed by atoms with Crippen LogP contribution in [0.1, 0.15) is 76.1 Å². The van der Waals surface area contributed by atoms with Crippen molar-refractivity contribution in [1.29, 1.82) is 0 Å². The maximum Gasteiger partial charge on any atom is 0.231 e. The third kappa shape index (κ3) is 5.89. The highest BCUT2D eigenvalue weighted by atomic mass is 19.1. The van der Waals surface area contributed by atoms with Crippen LogP contribution in [0.25, 0.3) is 0 Å². The third-order valence-electron chi connectivity index (χ3n) is 7.57. The lowest BCUT2D eigenvalue weighted by Gasteiger charge is -2.47. The first kappa shape index (κ1) is 26.7. The number of aliphatic hydroxyl groups excluding tert-OH is 1. The molecule has 9 heteroatoms. The number of halogens is 1. The molecule has 3 atom stereocenters. The van der Waals surface area contributed by atoms with Crippen molar-refractivity contribution >= 4 is 5.91 Å². The van der Waals surface area contributed by atoms with Crippen molar-refractivity contribution in [3.63, 3.8) is 0 Å². The SMILES string of the molecule is CC(=O)N[C@@H](Cc1cc(F)c2c(c1)OCO2)[C@H](O)CN[C@H]1CC2(CCC2)Oc2ncc(CC(C)(C)C)cc21. The second kappa shape index (κ2) is 10.3. The first-order valence-corrected chi connectivity index (χ1v) is 13.4. The Labute approximate surface area is 223 Å². The van der Waals surface area contributed by atoms with Gasteiger partial charge in [0.15, 0.2) is 11.6 Å². The van der Waals surface area contributed by atoms with Crippen molar-refractivity contribution in [1.82, 2.24) is 15.6 Å². The fraction of sp³-hybridized carbons (Fsp3) is 0.586. The monoisotopic (exact) mass is 527 g/mol. The van der Waals surface area contributed by atoms with Gasteiger partial charge in [-0.15, -0.1) is 0 Å². The van der Waals surface area contributed by atoms with Gasteiger partial charge in [-0.05, 0) is 66.8 Å². The zero-order chi connectivity index (χ0) is 27.1. The van der Waals surface area contributed by atoms with Crippen LogP contribution in [0.4, 0.5) is 4.39 Å². The summed E-state index contributed by atoms with van der Waals surface area (Å²) in [5.41, 5.74) is 2.67. The van der Waals surface area contributed by atoms with Crippen LogP contribution >= 0.6 is 0 Å². The van der Waals surface area contributed by atoms with Crippen molar-refractivity contribution in [2.24, 2.45) is 5.41 Å². The van der Waals surface area contributed by atoms with E-state index in [2.05, 4.69) is 42.5 Å². The smallest absolute Gasteiger partial charge is 0.231 e. The number of carbonyl (C=O) groups excluding carboxylic acids is 1. The lowest BCUT2D eigenvalue weighted by molar-refractivity contribution is -0.120. The van der Waals surface area contributed by atoms with E-state index in [4.69, 9.17) is 14.2 Å². The Bertz CT molecular complexity index is 1190. The highest BCUT2D eigenvalue weighted by molar-refractivity contribution is 5.73. The predicted octanol–water partition coefficient (Wildman–Crippen LogP) is 3.98. The fourth-order valence-electron chi connectivity index (χ4n) is 5.69. The fourth-order valence-corrected chi connectivity index (χ4v) is 5.69. The molecule has 1 saturated carbocycles. The second-order valence-electron chi connectivity index (χ2n) is 12.2. The molecule has 0 bridgehead atoms. The van der Waals surface area contributed by atoms with E-state index in [9.17, 15) is 14.3 Å². The standard InChI is InChI=1S/C29H38FN3O5/c1-17(34)33-22(10-18-9-21(30)26-25(11-18)36-16-37-26)24(35)15-31-23-13-29(6-5-7-29)38-27-20(23)8-19(14-32-27)12-28(2,3)4/h8-9,11,14,22-24,31,35H,5-7,10,12-13,15-16H2,1-4H3,(H,33,34)/t22-,23-,24+/m0/s1.